The van der Waals surface area contributed by atoms with Crippen LogP contribution in [0.15, 0.2) is 0 Å². The zero-order chi connectivity index (χ0) is 14.0. The third kappa shape index (κ3) is 4.35. The fourth-order valence-corrected chi connectivity index (χ4v) is 2.39. The van der Waals surface area contributed by atoms with Crippen molar-refractivity contribution in [1.29, 1.82) is 0 Å². The predicted molar refractivity (Wildman–Crippen MR) is 72.9 cm³/mol. The van der Waals surface area contributed by atoms with Gasteiger partial charge in [0.2, 0.25) is 0 Å². The van der Waals surface area contributed by atoms with Gasteiger partial charge >= 0.3 is 6.09 Å². The first-order valence-electron chi connectivity index (χ1n) is 7.24. The van der Waals surface area contributed by atoms with Gasteiger partial charge in [0.1, 0.15) is 5.60 Å². The van der Waals surface area contributed by atoms with Crippen LogP contribution in [0.2, 0.25) is 0 Å². The molecule has 1 saturated heterocycles. The smallest absolute Gasteiger partial charge is 0.410 e. The van der Waals surface area contributed by atoms with Crippen molar-refractivity contribution in [3.05, 3.63) is 0 Å². The van der Waals surface area contributed by atoms with E-state index >= 15 is 0 Å². The number of nitrogens with one attached hydrogen (secondary N) is 1. The zero-order valence-corrected chi connectivity index (χ0v) is 12.2. The fraction of sp³-hybridized carbons (Fsp3) is 0.929. The molecule has 110 valence electrons. The van der Waals surface area contributed by atoms with Crippen molar-refractivity contribution in [2.75, 3.05) is 19.7 Å². The van der Waals surface area contributed by atoms with E-state index in [2.05, 4.69) is 5.32 Å². The molecule has 1 aliphatic heterocycles. The molecule has 5 heteroatoms. The maximum atomic E-state index is 11.8. The van der Waals surface area contributed by atoms with Gasteiger partial charge in [0.05, 0.1) is 0 Å². The first-order valence-corrected chi connectivity index (χ1v) is 7.24. The molecule has 0 aromatic heterocycles. The number of aliphatic hydroxyl groups excluding tert-OH is 1. The van der Waals surface area contributed by atoms with Crippen LogP contribution in [0.4, 0.5) is 4.79 Å². The molecule has 0 aromatic rings. The SMILES string of the molecule is CC(C)(C)OC(=O)N1CC([C@@H](CCO)NC2CC2)C1. The molecule has 2 aliphatic rings. The Morgan fingerprint density at radius 3 is 2.53 bits per heavy atom. The summed E-state index contributed by atoms with van der Waals surface area (Å²) in [6.45, 7) is 7.31. The van der Waals surface area contributed by atoms with E-state index in [1.54, 1.807) is 4.90 Å². The normalized spacial score (nSPS) is 22.0. The van der Waals surface area contributed by atoms with Crippen molar-refractivity contribution in [3.63, 3.8) is 0 Å². The van der Waals surface area contributed by atoms with E-state index in [1.807, 2.05) is 20.8 Å². The highest BCUT2D eigenvalue weighted by atomic mass is 16.6. The van der Waals surface area contributed by atoms with Gasteiger partial charge in [-0.3, -0.25) is 0 Å². The Labute approximate surface area is 115 Å². The van der Waals surface area contributed by atoms with Crippen LogP contribution in [-0.2, 0) is 4.74 Å². The minimum absolute atomic E-state index is 0.202. The third-order valence-electron chi connectivity index (χ3n) is 3.60. The summed E-state index contributed by atoms with van der Waals surface area (Å²) in [6.07, 6.45) is 3.02. The van der Waals surface area contributed by atoms with Gasteiger partial charge in [-0.05, 0) is 40.0 Å². The van der Waals surface area contributed by atoms with Crippen LogP contribution < -0.4 is 5.32 Å². The fourth-order valence-electron chi connectivity index (χ4n) is 2.39. The number of rotatable bonds is 5. The van der Waals surface area contributed by atoms with Gasteiger partial charge in [-0.1, -0.05) is 0 Å². The Balaban J connectivity index is 1.75. The van der Waals surface area contributed by atoms with E-state index in [0.717, 1.165) is 19.5 Å². The van der Waals surface area contributed by atoms with Crippen molar-refractivity contribution < 1.29 is 14.6 Å². The molecule has 1 aliphatic carbocycles. The van der Waals surface area contributed by atoms with Crippen molar-refractivity contribution in [2.45, 2.75) is 57.7 Å². The lowest BCUT2D eigenvalue weighted by atomic mass is 9.90. The van der Waals surface area contributed by atoms with Crippen LogP contribution in [0.25, 0.3) is 0 Å². The molecule has 0 unspecified atom stereocenters. The van der Waals surface area contributed by atoms with E-state index in [0.29, 0.717) is 18.0 Å². The Bertz CT molecular complexity index is 317. The second-order valence-corrected chi connectivity index (χ2v) is 6.71. The summed E-state index contributed by atoms with van der Waals surface area (Å²) in [5, 5.41) is 12.7. The number of aliphatic hydroxyl groups is 1. The largest absolute Gasteiger partial charge is 0.444 e. The molecule has 1 saturated carbocycles. The van der Waals surface area contributed by atoms with Crippen LogP contribution in [0.5, 0.6) is 0 Å². The lowest BCUT2D eigenvalue weighted by molar-refractivity contribution is -0.00829. The summed E-state index contributed by atoms with van der Waals surface area (Å²) < 4.78 is 5.34. The number of likely N-dealkylation sites (tertiary alicyclic amines) is 1. The number of carbonyl (C=O) groups excluding carboxylic acids is 1. The highest BCUT2D eigenvalue weighted by Crippen LogP contribution is 2.27. The van der Waals surface area contributed by atoms with Crippen LogP contribution in [0.3, 0.4) is 0 Å². The molecule has 0 spiro atoms. The van der Waals surface area contributed by atoms with Crippen molar-refractivity contribution in [2.24, 2.45) is 5.92 Å². The summed E-state index contributed by atoms with van der Waals surface area (Å²) in [6, 6.07) is 0.961. The highest BCUT2D eigenvalue weighted by molar-refractivity contribution is 5.69. The van der Waals surface area contributed by atoms with Crippen LogP contribution >= 0.6 is 0 Å². The molecule has 1 amide bonds. The molecule has 2 fully saturated rings. The number of amides is 1. The quantitative estimate of drug-likeness (QED) is 0.792. The number of carbonyl (C=O) groups is 1. The second-order valence-electron chi connectivity index (χ2n) is 6.71. The lowest BCUT2D eigenvalue weighted by Crippen LogP contribution is -2.58. The van der Waals surface area contributed by atoms with Gasteiger partial charge < -0.3 is 20.1 Å². The molecule has 19 heavy (non-hydrogen) atoms. The van der Waals surface area contributed by atoms with Gasteiger partial charge in [-0.2, -0.15) is 0 Å². The van der Waals surface area contributed by atoms with Gasteiger partial charge in [-0.25, -0.2) is 4.79 Å². The van der Waals surface area contributed by atoms with Gasteiger partial charge in [0.25, 0.3) is 0 Å². The summed E-state index contributed by atoms with van der Waals surface area (Å²) in [7, 11) is 0. The topological polar surface area (TPSA) is 61.8 Å². The van der Waals surface area contributed by atoms with E-state index < -0.39 is 5.60 Å². The minimum Gasteiger partial charge on any atom is -0.444 e. The average Bonchev–Trinajstić information content (AvgIpc) is 2.96. The first-order chi connectivity index (χ1) is 8.89. The third-order valence-corrected chi connectivity index (χ3v) is 3.60. The Morgan fingerprint density at radius 2 is 2.05 bits per heavy atom. The van der Waals surface area contributed by atoms with Gasteiger partial charge in [0, 0.05) is 37.7 Å². The lowest BCUT2D eigenvalue weighted by Gasteiger charge is -2.43. The Morgan fingerprint density at radius 1 is 1.42 bits per heavy atom. The van der Waals surface area contributed by atoms with Crippen LogP contribution in [-0.4, -0.2) is 53.5 Å². The average molecular weight is 270 g/mol. The maximum absolute atomic E-state index is 11.8. The summed E-state index contributed by atoms with van der Waals surface area (Å²) in [5.41, 5.74) is -0.432. The van der Waals surface area contributed by atoms with Crippen molar-refractivity contribution in [3.8, 4) is 0 Å². The highest BCUT2D eigenvalue weighted by Gasteiger charge is 2.39. The van der Waals surface area contributed by atoms with E-state index in [4.69, 9.17) is 9.84 Å². The second kappa shape index (κ2) is 5.67. The standard InChI is InChI=1S/C14H26N2O3/c1-14(2,3)19-13(18)16-8-10(9-16)12(6-7-17)15-11-4-5-11/h10-12,15,17H,4-9H2,1-3H3/t12-/m1/s1. The zero-order valence-electron chi connectivity index (χ0n) is 12.2. The van der Waals surface area contributed by atoms with Crippen LogP contribution in [0, 0.1) is 5.92 Å². The first kappa shape index (κ1) is 14.6. The van der Waals surface area contributed by atoms with E-state index in [1.165, 1.54) is 12.8 Å². The Kier molecular flexibility index (Phi) is 4.36. The summed E-state index contributed by atoms with van der Waals surface area (Å²) >= 11 is 0. The molecular weight excluding hydrogens is 244 g/mol. The molecule has 1 atom stereocenters. The van der Waals surface area contributed by atoms with Crippen molar-refractivity contribution in [1.82, 2.24) is 10.2 Å². The summed E-state index contributed by atoms with van der Waals surface area (Å²) in [4.78, 5) is 13.6. The number of hydrogen-bond donors (Lipinski definition) is 2. The maximum Gasteiger partial charge on any atom is 0.410 e. The monoisotopic (exact) mass is 270 g/mol. The number of ether oxygens (including phenoxy) is 1. The molecule has 0 radical (unpaired) electrons. The van der Waals surface area contributed by atoms with Crippen molar-refractivity contribution >= 4 is 6.09 Å². The molecule has 2 rings (SSSR count). The molecule has 0 aromatic carbocycles. The van der Waals surface area contributed by atoms with Gasteiger partial charge in [-0.15, -0.1) is 0 Å². The molecule has 5 nitrogen and oxygen atoms in total. The minimum atomic E-state index is -0.432. The molecule has 0 bridgehead atoms. The Hall–Kier alpha value is -0.810. The molecule has 1 heterocycles. The van der Waals surface area contributed by atoms with E-state index in [-0.39, 0.29) is 12.7 Å². The number of hydrogen-bond acceptors (Lipinski definition) is 4. The van der Waals surface area contributed by atoms with E-state index in [9.17, 15) is 4.79 Å². The van der Waals surface area contributed by atoms with Gasteiger partial charge in [0.15, 0.2) is 0 Å². The number of nitrogens with zero attached hydrogens (tertiary/aromatic N) is 1. The molecular formula is C14H26N2O3. The summed E-state index contributed by atoms with van der Waals surface area (Å²) in [5.74, 6) is 0.445. The predicted octanol–water partition coefficient (Wildman–Crippen LogP) is 1.36. The van der Waals surface area contributed by atoms with Crippen LogP contribution in [0.1, 0.15) is 40.0 Å². The molecule has 2 N–H and O–H groups in total.